The summed E-state index contributed by atoms with van der Waals surface area (Å²) >= 11 is 0. The van der Waals surface area contributed by atoms with Crippen LogP contribution in [0, 0.1) is 0 Å². The van der Waals surface area contributed by atoms with Crippen molar-refractivity contribution in [3.05, 3.63) is 120 Å². The third-order valence-electron chi connectivity index (χ3n) is 7.05. The maximum Gasteiger partial charge on any atom is 0.128 e. The van der Waals surface area contributed by atoms with Crippen molar-refractivity contribution < 1.29 is 0 Å². The lowest BCUT2D eigenvalue weighted by Gasteiger charge is -2.38. The Bertz CT molecular complexity index is 1210. The van der Waals surface area contributed by atoms with Crippen molar-refractivity contribution in [1.82, 2.24) is 9.88 Å². The van der Waals surface area contributed by atoms with Crippen LogP contribution in [-0.4, -0.2) is 15.7 Å². The molecule has 2 aromatic carbocycles. The zero-order chi connectivity index (χ0) is 21.5. The molecule has 0 spiro atoms. The third kappa shape index (κ3) is 3.19. The molecule has 2 atom stereocenters. The number of nitrogens with two attached hydrogens (primary N) is 1. The Labute approximate surface area is 188 Å². The van der Waals surface area contributed by atoms with Crippen molar-refractivity contribution in [2.45, 2.75) is 36.9 Å². The molecule has 4 heteroatoms. The standard InChI is InChI=1S/C28H26N4/c29-28(15-4-16-28)24-10-7-21(8-11-24)26-27(22-5-2-1-3-6-22)32-19-23(9-12-25(32)31-26)20-13-17-30-18-14-20/h1-3,5-14,17-19,26-27H,4,15-16,29H2. The van der Waals surface area contributed by atoms with E-state index < -0.39 is 0 Å². The van der Waals surface area contributed by atoms with E-state index in [-0.39, 0.29) is 17.6 Å². The molecule has 3 aromatic rings. The van der Waals surface area contributed by atoms with Gasteiger partial charge in [0, 0.05) is 24.1 Å². The number of aliphatic imine (C=N–C) groups is 1. The van der Waals surface area contributed by atoms with Gasteiger partial charge in [-0.1, -0.05) is 54.6 Å². The monoisotopic (exact) mass is 418 g/mol. The molecular weight excluding hydrogens is 392 g/mol. The molecule has 0 radical (unpaired) electrons. The molecule has 3 heterocycles. The minimum atomic E-state index is -0.138. The first-order chi connectivity index (χ1) is 15.7. The highest BCUT2D eigenvalue weighted by Crippen LogP contribution is 2.45. The number of hydrogen-bond acceptors (Lipinski definition) is 4. The summed E-state index contributed by atoms with van der Waals surface area (Å²) in [5.41, 5.74) is 12.5. The Morgan fingerprint density at radius 3 is 2.28 bits per heavy atom. The number of rotatable bonds is 4. The van der Waals surface area contributed by atoms with Crippen molar-refractivity contribution in [3.63, 3.8) is 0 Å². The smallest absolute Gasteiger partial charge is 0.128 e. The quantitative estimate of drug-likeness (QED) is 0.606. The van der Waals surface area contributed by atoms with Gasteiger partial charge >= 0.3 is 0 Å². The second-order valence-electron chi connectivity index (χ2n) is 8.98. The maximum atomic E-state index is 6.55. The average molecular weight is 419 g/mol. The first-order valence-electron chi connectivity index (χ1n) is 11.3. The van der Waals surface area contributed by atoms with E-state index in [1.54, 1.807) is 0 Å². The molecule has 6 rings (SSSR count). The number of amidine groups is 1. The summed E-state index contributed by atoms with van der Waals surface area (Å²) < 4.78 is 0. The first kappa shape index (κ1) is 19.2. The Balaban J connectivity index is 1.39. The van der Waals surface area contributed by atoms with Gasteiger partial charge in [-0.2, -0.15) is 0 Å². The summed E-state index contributed by atoms with van der Waals surface area (Å²) in [6.07, 6.45) is 13.5. The van der Waals surface area contributed by atoms with Crippen molar-refractivity contribution >= 4 is 11.4 Å². The number of fused-ring (bicyclic) bond motifs is 1. The van der Waals surface area contributed by atoms with Gasteiger partial charge in [-0.05, 0) is 71.4 Å². The van der Waals surface area contributed by atoms with Crippen molar-refractivity contribution in [2.24, 2.45) is 10.7 Å². The van der Waals surface area contributed by atoms with E-state index in [0.29, 0.717) is 0 Å². The van der Waals surface area contributed by atoms with Crippen LogP contribution >= 0.6 is 0 Å². The SMILES string of the molecule is NC1(c2ccc(C3N=C4C=CC(c5ccncc5)=CN4C3c3ccccc3)cc2)CCC1. The molecular formula is C28H26N4. The van der Waals surface area contributed by atoms with Gasteiger partial charge in [-0.15, -0.1) is 0 Å². The number of aromatic nitrogens is 1. The fourth-order valence-corrected chi connectivity index (χ4v) is 5.03. The van der Waals surface area contributed by atoms with Crippen molar-refractivity contribution in [2.75, 3.05) is 0 Å². The topological polar surface area (TPSA) is 54.5 Å². The number of allylic oxidation sites excluding steroid dienone is 2. The van der Waals surface area contributed by atoms with E-state index in [1.165, 1.54) is 28.7 Å². The molecule has 32 heavy (non-hydrogen) atoms. The molecule has 158 valence electrons. The molecule has 0 amide bonds. The maximum absolute atomic E-state index is 6.55. The highest BCUT2D eigenvalue weighted by molar-refractivity contribution is 6.01. The van der Waals surface area contributed by atoms with Crippen LogP contribution in [0.5, 0.6) is 0 Å². The van der Waals surface area contributed by atoms with Gasteiger partial charge in [0.05, 0.1) is 6.04 Å². The number of nitrogens with zero attached hydrogens (tertiary/aromatic N) is 3. The summed E-state index contributed by atoms with van der Waals surface area (Å²) in [5.74, 6) is 1.00. The molecule has 0 saturated heterocycles. The Morgan fingerprint density at radius 1 is 0.844 bits per heavy atom. The van der Waals surface area contributed by atoms with Crippen LogP contribution in [0.2, 0.25) is 0 Å². The third-order valence-corrected chi connectivity index (χ3v) is 7.05. The summed E-state index contributed by atoms with van der Waals surface area (Å²) in [7, 11) is 0. The number of hydrogen-bond donors (Lipinski definition) is 1. The second kappa shape index (κ2) is 7.57. The number of pyridine rings is 1. The van der Waals surface area contributed by atoms with Crippen LogP contribution in [0.1, 0.15) is 53.6 Å². The molecule has 1 fully saturated rings. The lowest BCUT2D eigenvalue weighted by atomic mass is 9.72. The molecule has 2 aliphatic heterocycles. The van der Waals surface area contributed by atoms with Crippen LogP contribution < -0.4 is 5.73 Å². The van der Waals surface area contributed by atoms with Gasteiger partial charge in [0.1, 0.15) is 11.9 Å². The summed E-state index contributed by atoms with van der Waals surface area (Å²) in [4.78, 5) is 11.6. The summed E-state index contributed by atoms with van der Waals surface area (Å²) in [5, 5.41) is 0. The van der Waals surface area contributed by atoms with Crippen LogP contribution in [0.15, 0.2) is 102 Å². The van der Waals surface area contributed by atoms with Gasteiger partial charge in [0.25, 0.3) is 0 Å². The molecule has 4 nitrogen and oxygen atoms in total. The molecule has 1 saturated carbocycles. The lowest BCUT2D eigenvalue weighted by molar-refractivity contribution is 0.253. The fraction of sp³-hybridized carbons (Fsp3) is 0.214. The van der Waals surface area contributed by atoms with Crippen LogP contribution in [0.25, 0.3) is 5.57 Å². The predicted molar refractivity (Wildman–Crippen MR) is 129 cm³/mol. The first-order valence-corrected chi connectivity index (χ1v) is 11.3. The predicted octanol–water partition coefficient (Wildman–Crippen LogP) is 5.53. The van der Waals surface area contributed by atoms with Gasteiger partial charge in [-0.25, -0.2) is 0 Å². The molecule has 1 aromatic heterocycles. The van der Waals surface area contributed by atoms with Crippen LogP contribution in [0.4, 0.5) is 0 Å². The van der Waals surface area contributed by atoms with E-state index in [9.17, 15) is 0 Å². The molecule has 1 aliphatic carbocycles. The molecule has 3 aliphatic rings. The van der Waals surface area contributed by atoms with Crippen LogP contribution in [-0.2, 0) is 5.54 Å². The normalized spacial score (nSPS) is 23.2. The van der Waals surface area contributed by atoms with Crippen LogP contribution in [0.3, 0.4) is 0 Å². The summed E-state index contributed by atoms with van der Waals surface area (Å²) in [6, 6.07) is 23.8. The van der Waals surface area contributed by atoms with E-state index in [4.69, 9.17) is 10.7 Å². The lowest BCUT2D eigenvalue weighted by Crippen LogP contribution is -2.43. The fourth-order valence-electron chi connectivity index (χ4n) is 5.03. The van der Waals surface area contributed by atoms with Gasteiger partial charge in [-0.3, -0.25) is 9.98 Å². The second-order valence-corrected chi connectivity index (χ2v) is 8.98. The van der Waals surface area contributed by atoms with Gasteiger partial charge in [0.2, 0.25) is 0 Å². The molecule has 0 bridgehead atoms. The number of benzene rings is 2. The Hall–Kier alpha value is -3.50. The van der Waals surface area contributed by atoms with E-state index >= 15 is 0 Å². The Morgan fingerprint density at radius 2 is 1.59 bits per heavy atom. The van der Waals surface area contributed by atoms with E-state index in [0.717, 1.165) is 24.2 Å². The Kier molecular flexibility index (Phi) is 4.54. The molecule has 2 unspecified atom stereocenters. The van der Waals surface area contributed by atoms with E-state index in [1.807, 2.05) is 24.5 Å². The van der Waals surface area contributed by atoms with Gasteiger partial charge < -0.3 is 10.6 Å². The minimum Gasteiger partial charge on any atom is -0.323 e. The van der Waals surface area contributed by atoms with Gasteiger partial charge in [0.15, 0.2) is 0 Å². The highest BCUT2D eigenvalue weighted by Gasteiger charge is 2.38. The zero-order valence-corrected chi connectivity index (χ0v) is 17.9. The van der Waals surface area contributed by atoms with Crippen molar-refractivity contribution in [3.8, 4) is 0 Å². The van der Waals surface area contributed by atoms with E-state index in [2.05, 4.69) is 82.8 Å². The zero-order valence-electron chi connectivity index (χ0n) is 17.9. The average Bonchev–Trinajstić information content (AvgIpc) is 3.22. The molecule has 2 N–H and O–H groups in total. The largest absolute Gasteiger partial charge is 0.323 e. The van der Waals surface area contributed by atoms with Crippen molar-refractivity contribution in [1.29, 1.82) is 0 Å². The summed E-state index contributed by atoms with van der Waals surface area (Å²) in [6.45, 7) is 0. The highest BCUT2D eigenvalue weighted by atomic mass is 15.3. The minimum absolute atomic E-state index is 0.0225.